The summed E-state index contributed by atoms with van der Waals surface area (Å²) in [5.74, 6) is -0.289. The van der Waals surface area contributed by atoms with E-state index in [1.807, 2.05) is 0 Å². The minimum absolute atomic E-state index is 0.0887. The summed E-state index contributed by atoms with van der Waals surface area (Å²) < 4.78 is 28.2. The average molecular weight is 298 g/mol. The Morgan fingerprint density at radius 3 is 2.95 bits per heavy atom. The molecule has 1 amide bonds. The number of hydrogen-bond donors (Lipinski definition) is 2. The number of carbonyl (C=O) groups is 1. The smallest absolute Gasteiger partial charge is 0.251 e. The minimum atomic E-state index is -3.31. The molecule has 1 heterocycles. The molecule has 0 bridgehead atoms. The monoisotopic (exact) mass is 298 g/mol. The Morgan fingerprint density at radius 1 is 1.50 bits per heavy atom. The van der Waals surface area contributed by atoms with Gasteiger partial charge >= 0.3 is 0 Å². The fraction of sp³-hybridized carbons (Fsp3) is 0.462. The molecule has 1 aromatic rings. The van der Waals surface area contributed by atoms with E-state index in [2.05, 4.69) is 10.6 Å². The van der Waals surface area contributed by atoms with E-state index in [-0.39, 0.29) is 16.8 Å². The van der Waals surface area contributed by atoms with Crippen molar-refractivity contribution < 1.29 is 17.9 Å². The van der Waals surface area contributed by atoms with Gasteiger partial charge in [-0.2, -0.15) is 0 Å². The third-order valence-corrected chi connectivity index (χ3v) is 4.14. The van der Waals surface area contributed by atoms with Crippen LogP contribution in [0.5, 0.6) is 0 Å². The van der Waals surface area contributed by atoms with Crippen molar-refractivity contribution in [3.8, 4) is 0 Å². The molecule has 2 N–H and O–H groups in total. The summed E-state index contributed by atoms with van der Waals surface area (Å²) in [5.41, 5.74) is 0.338. The number of ether oxygens (including phenoxy) is 1. The lowest BCUT2D eigenvalue weighted by molar-refractivity contribution is 0.0734. The van der Waals surface area contributed by atoms with Gasteiger partial charge in [0.2, 0.25) is 0 Å². The van der Waals surface area contributed by atoms with Crippen LogP contribution in [0.15, 0.2) is 29.2 Å². The minimum Gasteiger partial charge on any atom is -0.378 e. The highest BCUT2D eigenvalue weighted by Crippen LogP contribution is 2.11. The van der Waals surface area contributed by atoms with Crippen LogP contribution in [0.4, 0.5) is 0 Å². The summed E-state index contributed by atoms with van der Waals surface area (Å²) in [4.78, 5) is 12.1. The van der Waals surface area contributed by atoms with E-state index >= 15 is 0 Å². The highest BCUT2D eigenvalue weighted by Gasteiger charge is 2.15. The lowest BCUT2D eigenvalue weighted by Gasteiger charge is -2.23. The first-order valence-corrected chi connectivity index (χ1v) is 8.25. The van der Waals surface area contributed by atoms with Crippen LogP contribution in [-0.2, 0) is 14.6 Å². The standard InChI is InChI=1S/C13H18N2O4S/c1-20(17,18)12-4-2-3-10(7-12)13(16)15-8-11-9-19-6-5-14-11/h2-4,7,11,14H,5-6,8-9H2,1H3,(H,15,16). The van der Waals surface area contributed by atoms with E-state index in [9.17, 15) is 13.2 Å². The normalized spacial score (nSPS) is 19.6. The lowest BCUT2D eigenvalue weighted by atomic mass is 10.2. The molecule has 2 rings (SSSR count). The van der Waals surface area contributed by atoms with Crippen molar-refractivity contribution in [1.29, 1.82) is 0 Å². The predicted octanol–water partition coefficient (Wildman–Crippen LogP) is -0.192. The summed E-state index contributed by atoms with van der Waals surface area (Å²) in [6.07, 6.45) is 1.12. The second-order valence-electron chi connectivity index (χ2n) is 4.74. The molecule has 0 spiro atoms. The van der Waals surface area contributed by atoms with Crippen LogP contribution in [0.25, 0.3) is 0 Å². The van der Waals surface area contributed by atoms with Crippen LogP contribution in [0.2, 0.25) is 0 Å². The van der Waals surface area contributed by atoms with Crippen LogP contribution in [-0.4, -0.2) is 52.9 Å². The summed E-state index contributed by atoms with van der Waals surface area (Å²) in [7, 11) is -3.31. The van der Waals surface area contributed by atoms with Gasteiger partial charge in [-0.1, -0.05) is 6.07 Å². The van der Waals surface area contributed by atoms with Crippen LogP contribution in [0.1, 0.15) is 10.4 Å². The fourth-order valence-electron chi connectivity index (χ4n) is 1.94. The van der Waals surface area contributed by atoms with Crippen molar-refractivity contribution in [1.82, 2.24) is 10.6 Å². The zero-order valence-corrected chi connectivity index (χ0v) is 12.1. The molecule has 0 aliphatic carbocycles. The largest absolute Gasteiger partial charge is 0.378 e. The quantitative estimate of drug-likeness (QED) is 0.805. The highest BCUT2D eigenvalue weighted by molar-refractivity contribution is 7.90. The van der Waals surface area contributed by atoms with E-state index in [4.69, 9.17) is 4.74 Å². The van der Waals surface area contributed by atoms with Crippen molar-refractivity contribution >= 4 is 15.7 Å². The Morgan fingerprint density at radius 2 is 2.30 bits per heavy atom. The van der Waals surface area contributed by atoms with Gasteiger partial charge in [-0.3, -0.25) is 4.79 Å². The van der Waals surface area contributed by atoms with Gasteiger partial charge in [0, 0.05) is 31.0 Å². The molecule has 20 heavy (non-hydrogen) atoms. The van der Waals surface area contributed by atoms with Crippen LogP contribution >= 0.6 is 0 Å². The van der Waals surface area contributed by atoms with Crippen molar-refractivity contribution in [2.45, 2.75) is 10.9 Å². The van der Waals surface area contributed by atoms with Gasteiger partial charge in [0.1, 0.15) is 0 Å². The van der Waals surface area contributed by atoms with E-state index in [1.165, 1.54) is 12.1 Å². The molecular formula is C13H18N2O4S. The third kappa shape index (κ3) is 4.03. The maximum atomic E-state index is 12.0. The third-order valence-electron chi connectivity index (χ3n) is 3.03. The molecule has 0 radical (unpaired) electrons. The molecule has 6 nitrogen and oxygen atoms in total. The van der Waals surface area contributed by atoms with E-state index in [1.54, 1.807) is 12.1 Å². The maximum Gasteiger partial charge on any atom is 0.251 e. The van der Waals surface area contributed by atoms with Gasteiger partial charge in [-0.25, -0.2) is 8.42 Å². The molecule has 1 aromatic carbocycles. The van der Waals surface area contributed by atoms with E-state index in [0.717, 1.165) is 12.8 Å². The van der Waals surface area contributed by atoms with Gasteiger partial charge < -0.3 is 15.4 Å². The highest BCUT2D eigenvalue weighted by atomic mass is 32.2. The summed E-state index contributed by atoms with van der Waals surface area (Å²) in [5, 5.41) is 6.00. The van der Waals surface area contributed by atoms with Crippen LogP contribution in [0.3, 0.4) is 0 Å². The van der Waals surface area contributed by atoms with Crippen LogP contribution in [0, 0.1) is 0 Å². The lowest BCUT2D eigenvalue weighted by Crippen LogP contribution is -2.48. The number of amides is 1. The van der Waals surface area contributed by atoms with E-state index in [0.29, 0.717) is 25.3 Å². The average Bonchev–Trinajstić information content (AvgIpc) is 2.45. The SMILES string of the molecule is CS(=O)(=O)c1cccc(C(=O)NCC2COCCN2)c1. The predicted molar refractivity (Wildman–Crippen MR) is 74.5 cm³/mol. The van der Waals surface area contributed by atoms with Crippen molar-refractivity contribution in [2.24, 2.45) is 0 Å². The molecule has 1 unspecified atom stereocenters. The molecule has 0 aromatic heterocycles. The fourth-order valence-corrected chi connectivity index (χ4v) is 2.60. The Labute approximate surface area is 118 Å². The number of nitrogens with one attached hydrogen (secondary N) is 2. The Hall–Kier alpha value is -1.44. The van der Waals surface area contributed by atoms with Gasteiger partial charge in [-0.15, -0.1) is 0 Å². The van der Waals surface area contributed by atoms with Crippen LogP contribution < -0.4 is 10.6 Å². The van der Waals surface area contributed by atoms with Gasteiger partial charge in [0.05, 0.1) is 18.1 Å². The summed E-state index contributed by atoms with van der Waals surface area (Å²) in [6.45, 7) is 2.45. The second-order valence-corrected chi connectivity index (χ2v) is 6.75. The van der Waals surface area contributed by atoms with Gasteiger partial charge in [-0.05, 0) is 18.2 Å². The molecular weight excluding hydrogens is 280 g/mol. The number of hydrogen-bond acceptors (Lipinski definition) is 5. The van der Waals surface area contributed by atoms with Gasteiger partial charge in [0.25, 0.3) is 5.91 Å². The molecule has 0 saturated carbocycles. The first-order valence-electron chi connectivity index (χ1n) is 6.36. The zero-order chi connectivity index (χ0) is 14.6. The molecule has 110 valence electrons. The molecule has 1 saturated heterocycles. The van der Waals surface area contributed by atoms with Crippen molar-refractivity contribution in [3.63, 3.8) is 0 Å². The number of carbonyl (C=O) groups excluding carboxylic acids is 1. The number of benzene rings is 1. The number of morpholine rings is 1. The summed E-state index contributed by atoms with van der Waals surface area (Å²) in [6, 6.07) is 6.10. The number of sulfone groups is 1. The molecule has 7 heteroatoms. The first kappa shape index (κ1) is 15.0. The Balaban J connectivity index is 1.98. The first-order chi connectivity index (χ1) is 9.47. The van der Waals surface area contributed by atoms with E-state index < -0.39 is 9.84 Å². The molecule has 1 aliphatic heterocycles. The molecule has 1 atom stereocenters. The topological polar surface area (TPSA) is 84.5 Å². The Kier molecular flexibility index (Phi) is 4.74. The van der Waals surface area contributed by atoms with Crippen molar-refractivity contribution in [3.05, 3.63) is 29.8 Å². The molecule has 1 aliphatic rings. The number of rotatable bonds is 4. The zero-order valence-electron chi connectivity index (χ0n) is 11.3. The molecule has 1 fully saturated rings. The van der Waals surface area contributed by atoms with Crippen molar-refractivity contribution in [2.75, 3.05) is 32.6 Å². The maximum absolute atomic E-state index is 12.0. The Bertz CT molecular complexity index is 580. The van der Waals surface area contributed by atoms with Gasteiger partial charge in [0.15, 0.2) is 9.84 Å². The second kappa shape index (κ2) is 6.34. The summed E-state index contributed by atoms with van der Waals surface area (Å²) >= 11 is 0.